The Kier molecular flexibility index (Phi) is 2.03. The first-order chi connectivity index (χ1) is 6.16. The third kappa shape index (κ3) is 1.56. The number of halogens is 1. The molecule has 1 aromatic heterocycles. The number of nitrogens with one attached hydrogen (secondary N) is 1. The van der Waals surface area contributed by atoms with Crippen LogP contribution in [-0.2, 0) is 0 Å². The summed E-state index contributed by atoms with van der Waals surface area (Å²) in [6, 6.07) is 6.96. The van der Waals surface area contributed by atoms with Gasteiger partial charge in [-0.15, -0.1) is 0 Å². The number of rotatable bonds is 1. The Bertz CT molecular complexity index is 441. The fourth-order valence-corrected chi connectivity index (χ4v) is 1.45. The standard InChI is InChI=1S/C8H7BClNO2/c10-6-1-2-7-5(3-6)4-8(11-7)9(12)13/h1-4,11-13H. The van der Waals surface area contributed by atoms with E-state index in [1.807, 2.05) is 0 Å². The van der Waals surface area contributed by atoms with Crippen LogP contribution in [0.15, 0.2) is 24.3 Å². The highest BCUT2D eigenvalue weighted by molar-refractivity contribution is 6.58. The van der Waals surface area contributed by atoms with Gasteiger partial charge in [-0.3, -0.25) is 0 Å². The molecule has 0 radical (unpaired) electrons. The van der Waals surface area contributed by atoms with E-state index in [2.05, 4.69) is 4.98 Å². The third-order valence-corrected chi connectivity index (χ3v) is 2.12. The summed E-state index contributed by atoms with van der Waals surface area (Å²) in [6.07, 6.45) is 0. The summed E-state index contributed by atoms with van der Waals surface area (Å²) in [5, 5.41) is 19.3. The van der Waals surface area contributed by atoms with Crippen molar-refractivity contribution in [2.45, 2.75) is 0 Å². The van der Waals surface area contributed by atoms with Crippen LogP contribution in [0.5, 0.6) is 0 Å². The smallest absolute Gasteiger partial charge is 0.422 e. The first-order valence-electron chi connectivity index (χ1n) is 3.81. The SMILES string of the molecule is OB(O)c1cc2cc(Cl)ccc2[nH]1. The van der Waals surface area contributed by atoms with Crippen LogP contribution in [0.3, 0.4) is 0 Å². The molecule has 2 aromatic rings. The van der Waals surface area contributed by atoms with Gasteiger partial charge in [0, 0.05) is 21.5 Å². The molecule has 13 heavy (non-hydrogen) atoms. The van der Waals surface area contributed by atoms with Crippen LogP contribution in [-0.4, -0.2) is 22.2 Å². The van der Waals surface area contributed by atoms with Gasteiger partial charge < -0.3 is 15.0 Å². The number of aromatic amines is 1. The molecule has 0 spiro atoms. The topological polar surface area (TPSA) is 56.2 Å². The van der Waals surface area contributed by atoms with Gasteiger partial charge in [-0.2, -0.15) is 0 Å². The Morgan fingerprint density at radius 1 is 1.23 bits per heavy atom. The second-order valence-corrected chi connectivity index (χ2v) is 3.27. The molecular formula is C8H7BClNO2. The van der Waals surface area contributed by atoms with Crippen LogP contribution in [0.1, 0.15) is 0 Å². The summed E-state index contributed by atoms with van der Waals surface area (Å²) in [7, 11) is -1.47. The lowest BCUT2D eigenvalue weighted by atomic mass is 9.87. The molecule has 0 aliphatic carbocycles. The average Bonchev–Trinajstić information content (AvgIpc) is 2.46. The minimum absolute atomic E-state index is 0.372. The molecule has 3 N–H and O–H groups in total. The molecule has 0 bridgehead atoms. The van der Waals surface area contributed by atoms with Crippen molar-refractivity contribution < 1.29 is 10.0 Å². The molecule has 0 saturated heterocycles. The van der Waals surface area contributed by atoms with Crippen LogP contribution in [0.4, 0.5) is 0 Å². The predicted octanol–water partition coefficient (Wildman–Crippen LogP) is 0.501. The lowest BCUT2D eigenvalue weighted by molar-refractivity contribution is 0.424. The fourth-order valence-electron chi connectivity index (χ4n) is 1.27. The van der Waals surface area contributed by atoms with Gasteiger partial charge in [-0.05, 0) is 24.3 Å². The number of hydrogen-bond donors (Lipinski definition) is 3. The van der Waals surface area contributed by atoms with Gasteiger partial charge in [0.05, 0.1) is 0 Å². The van der Waals surface area contributed by atoms with Gasteiger partial charge in [-0.1, -0.05) is 11.6 Å². The van der Waals surface area contributed by atoms with Crippen molar-refractivity contribution in [3.8, 4) is 0 Å². The monoisotopic (exact) mass is 195 g/mol. The molecule has 0 atom stereocenters. The quantitative estimate of drug-likeness (QED) is 0.581. The first-order valence-corrected chi connectivity index (χ1v) is 4.19. The van der Waals surface area contributed by atoms with E-state index < -0.39 is 7.12 Å². The fraction of sp³-hybridized carbons (Fsp3) is 0. The normalized spacial score (nSPS) is 10.7. The highest BCUT2D eigenvalue weighted by Crippen LogP contribution is 2.16. The number of fused-ring (bicyclic) bond motifs is 1. The summed E-state index contributed by atoms with van der Waals surface area (Å²) in [5.41, 5.74) is 1.21. The summed E-state index contributed by atoms with van der Waals surface area (Å²) in [5.74, 6) is 0. The Balaban J connectivity index is 2.62. The van der Waals surface area contributed by atoms with Gasteiger partial charge in [0.1, 0.15) is 0 Å². The highest BCUT2D eigenvalue weighted by Gasteiger charge is 2.13. The molecule has 0 amide bonds. The van der Waals surface area contributed by atoms with Gasteiger partial charge in [-0.25, -0.2) is 0 Å². The molecule has 1 aromatic carbocycles. The Morgan fingerprint density at radius 3 is 2.69 bits per heavy atom. The summed E-state index contributed by atoms with van der Waals surface area (Å²) >= 11 is 5.77. The molecule has 0 aliphatic rings. The second-order valence-electron chi connectivity index (χ2n) is 2.83. The Labute approximate surface area is 80.1 Å². The molecular weight excluding hydrogens is 188 g/mol. The van der Waals surface area contributed by atoms with Crippen LogP contribution in [0, 0.1) is 0 Å². The zero-order valence-electron chi connectivity index (χ0n) is 6.66. The van der Waals surface area contributed by atoms with E-state index in [1.165, 1.54) is 0 Å². The third-order valence-electron chi connectivity index (χ3n) is 1.88. The van der Waals surface area contributed by atoms with Gasteiger partial charge in [0.2, 0.25) is 0 Å². The molecule has 0 unspecified atom stereocenters. The molecule has 0 saturated carbocycles. The van der Waals surface area contributed by atoms with E-state index in [1.54, 1.807) is 24.3 Å². The molecule has 2 rings (SSSR count). The maximum absolute atomic E-state index is 8.89. The molecule has 66 valence electrons. The van der Waals surface area contributed by atoms with Gasteiger partial charge >= 0.3 is 7.12 Å². The van der Waals surface area contributed by atoms with Crippen molar-refractivity contribution in [1.29, 1.82) is 0 Å². The molecule has 5 heteroatoms. The van der Waals surface area contributed by atoms with Crippen LogP contribution in [0.2, 0.25) is 5.02 Å². The van der Waals surface area contributed by atoms with E-state index >= 15 is 0 Å². The largest absolute Gasteiger partial charge is 0.505 e. The minimum Gasteiger partial charge on any atom is -0.422 e. The van der Waals surface area contributed by atoms with E-state index in [9.17, 15) is 0 Å². The van der Waals surface area contributed by atoms with Crippen LogP contribution >= 0.6 is 11.6 Å². The number of aromatic nitrogens is 1. The number of H-pyrrole nitrogens is 1. The lowest BCUT2D eigenvalue weighted by Gasteiger charge is -1.90. The average molecular weight is 195 g/mol. The van der Waals surface area contributed by atoms with E-state index in [0.717, 1.165) is 10.9 Å². The Hall–Kier alpha value is -0.965. The van der Waals surface area contributed by atoms with Crippen LogP contribution < -0.4 is 5.59 Å². The van der Waals surface area contributed by atoms with Crippen molar-refractivity contribution in [3.63, 3.8) is 0 Å². The van der Waals surface area contributed by atoms with Crippen molar-refractivity contribution in [3.05, 3.63) is 29.3 Å². The zero-order chi connectivity index (χ0) is 9.42. The summed E-state index contributed by atoms with van der Waals surface area (Å²) in [4.78, 5) is 2.86. The van der Waals surface area contributed by atoms with E-state index in [0.29, 0.717) is 10.6 Å². The summed E-state index contributed by atoms with van der Waals surface area (Å²) < 4.78 is 0. The maximum atomic E-state index is 8.89. The van der Waals surface area contributed by atoms with Gasteiger partial charge in [0.25, 0.3) is 0 Å². The van der Waals surface area contributed by atoms with Crippen molar-refractivity contribution >= 4 is 35.2 Å². The number of hydrogen-bond acceptors (Lipinski definition) is 2. The molecule has 0 fully saturated rings. The van der Waals surface area contributed by atoms with Crippen molar-refractivity contribution in [2.24, 2.45) is 0 Å². The number of benzene rings is 1. The predicted molar refractivity (Wildman–Crippen MR) is 53.1 cm³/mol. The minimum atomic E-state index is -1.47. The molecule has 0 aliphatic heterocycles. The maximum Gasteiger partial charge on any atom is 0.505 e. The molecule has 3 nitrogen and oxygen atoms in total. The summed E-state index contributed by atoms with van der Waals surface area (Å²) in [6.45, 7) is 0. The van der Waals surface area contributed by atoms with Crippen molar-refractivity contribution in [1.82, 2.24) is 4.98 Å². The first kappa shape index (κ1) is 8.63. The van der Waals surface area contributed by atoms with Crippen LogP contribution in [0.25, 0.3) is 10.9 Å². The Morgan fingerprint density at radius 2 is 2.00 bits per heavy atom. The highest BCUT2D eigenvalue weighted by atomic mass is 35.5. The molecule has 1 heterocycles. The van der Waals surface area contributed by atoms with Crippen molar-refractivity contribution in [2.75, 3.05) is 0 Å². The lowest BCUT2D eigenvalue weighted by Crippen LogP contribution is -2.30. The zero-order valence-corrected chi connectivity index (χ0v) is 7.42. The van der Waals surface area contributed by atoms with E-state index in [4.69, 9.17) is 21.6 Å². The van der Waals surface area contributed by atoms with Gasteiger partial charge in [0.15, 0.2) is 0 Å². The second kappa shape index (κ2) is 3.07. The van der Waals surface area contributed by atoms with E-state index in [-0.39, 0.29) is 0 Å².